The Hall–Kier alpha value is -2.23. The van der Waals surface area contributed by atoms with Gasteiger partial charge in [-0.3, -0.25) is 4.79 Å². The molecule has 0 bridgehead atoms. The molecule has 0 unspecified atom stereocenters. The van der Waals surface area contributed by atoms with Crippen molar-refractivity contribution in [2.24, 2.45) is 0 Å². The molecule has 3 rings (SSSR count). The Balaban J connectivity index is 1.62. The summed E-state index contributed by atoms with van der Waals surface area (Å²) in [5, 5.41) is 12.1. The molecule has 1 saturated heterocycles. The van der Waals surface area contributed by atoms with Crippen LogP contribution in [0.15, 0.2) is 6.33 Å². The number of aromatic nitrogens is 4. The fraction of sp³-hybridized carbons (Fsp3) is 0.545. The van der Waals surface area contributed by atoms with E-state index in [0.29, 0.717) is 42.8 Å². The third kappa shape index (κ3) is 2.66. The number of hydrogen-bond donors (Lipinski definition) is 0. The van der Waals surface area contributed by atoms with E-state index in [9.17, 15) is 9.59 Å². The van der Waals surface area contributed by atoms with Crippen LogP contribution in [0.5, 0.6) is 0 Å². The number of amides is 2. The molecule has 2 aromatic heterocycles. The minimum atomic E-state index is -0.330. The third-order valence-electron chi connectivity index (χ3n) is 3.16. The molecule has 3 heterocycles. The Morgan fingerprint density at radius 1 is 1.29 bits per heavy atom. The number of hydrogen-bond acceptors (Lipinski definition) is 7. The minimum absolute atomic E-state index is 0.144. The summed E-state index contributed by atoms with van der Waals surface area (Å²) in [5.74, 6) is -0.144. The van der Waals surface area contributed by atoms with E-state index >= 15 is 0 Å². The summed E-state index contributed by atoms with van der Waals surface area (Å²) >= 11 is 1.20. The van der Waals surface area contributed by atoms with Crippen molar-refractivity contribution in [2.75, 3.05) is 32.8 Å². The van der Waals surface area contributed by atoms with Crippen molar-refractivity contribution in [3.8, 4) is 0 Å². The van der Waals surface area contributed by atoms with Crippen LogP contribution in [0, 0.1) is 0 Å². The highest BCUT2D eigenvalue weighted by Crippen LogP contribution is 2.15. The van der Waals surface area contributed by atoms with Gasteiger partial charge in [0.05, 0.1) is 6.61 Å². The first-order valence-corrected chi connectivity index (χ1v) is 7.38. The fourth-order valence-corrected chi connectivity index (χ4v) is 2.88. The van der Waals surface area contributed by atoms with Gasteiger partial charge in [0.1, 0.15) is 6.33 Å². The van der Waals surface area contributed by atoms with Crippen molar-refractivity contribution < 1.29 is 14.3 Å². The molecule has 10 heteroatoms. The van der Waals surface area contributed by atoms with Crippen molar-refractivity contribution >= 4 is 28.3 Å². The van der Waals surface area contributed by atoms with Gasteiger partial charge in [-0.2, -0.15) is 4.52 Å². The molecule has 0 atom stereocenters. The molecule has 9 nitrogen and oxygen atoms in total. The zero-order valence-electron chi connectivity index (χ0n) is 11.4. The van der Waals surface area contributed by atoms with Gasteiger partial charge in [-0.25, -0.2) is 4.79 Å². The number of nitrogens with zero attached hydrogens (tertiary/aromatic N) is 6. The summed E-state index contributed by atoms with van der Waals surface area (Å²) in [6, 6.07) is 0. The van der Waals surface area contributed by atoms with Crippen LogP contribution >= 0.6 is 11.3 Å². The van der Waals surface area contributed by atoms with Crippen LogP contribution in [0.3, 0.4) is 0 Å². The number of ether oxygens (including phenoxy) is 1. The number of carbonyl (C=O) groups is 2. The molecule has 0 aromatic carbocycles. The second-order valence-electron chi connectivity index (χ2n) is 4.44. The molecule has 1 fully saturated rings. The molecule has 21 heavy (non-hydrogen) atoms. The van der Waals surface area contributed by atoms with E-state index in [1.807, 2.05) is 0 Å². The van der Waals surface area contributed by atoms with Gasteiger partial charge in [-0.05, 0) is 6.92 Å². The van der Waals surface area contributed by atoms with Crippen molar-refractivity contribution in [3.63, 3.8) is 0 Å². The van der Waals surface area contributed by atoms with E-state index in [2.05, 4.69) is 15.3 Å². The molecular formula is C11H14N6O3S. The molecule has 112 valence electrons. The van der Waals surface area contributed by atoms with E-state index in [4.69, 9.17) is 4.74 Å². The van der Waals surface area contributed by atoms with Crippen molar-refractivity contribution in [3.05, 3.63) is 11.3 Å². The predicted octanol–water partition coefficient (Wildman–Crippen LogP) is 0.100. The molecule has 2 aromatic rings. The van der Waals surface area contributed by atoms with Crippen LogP contribution in [0.2, 0.25) is 0 Å². The Kier molecular flexibility index (Phi) is 3.69. The van der Waals surface area contributed by atoms with Crippen LogP contribution in [-0.4, -0.2) is 74.4 Å². The largest absolute Gasteiger partial charge is 0.450 e. The van der Waals surface area contributed by atoms with Gasteiger partial charge in [0.2, 0.25) is 9.97 Å². The zero-order chi connectivity index (χ0) is 14.8. The molecule has 1 aliphatic rings. The average molecular weight is 310 g/mol. The zero-order valence-corrected chi connectivity index (χ0v) is 12.2. The number of fused-ring (bicyclic) bond motifs is 1. The highest BCUT2D eigenvalue weighted by Gasteiger charge is 2.27. The lowest BCUT2D eigenvalue weighted by molar-refractivity contribution is 0.0569. The van der Waals surface area contributed by atoms with Gasteiger partial charge >= 0.3 is 6.09 Å². The maximum absolute atomic E-state index is 12.3. The lowest BCUT2D eigenvalue weighted by atomic mass is 10.3. The van der Waals surface area contributed by atoms with Gasteiger partial charge in [0.15, 0.2) is 0 Å². The monoisotopic (exact) mass is 310 g/mol. The third-order valence-corrected chi connectivity index (χ3v) is 4.06. The van der Waals surface area contributed by atoms with E-state index in [0.717, 1.165) is 0 Å². The van der Waals surface area contributed by atoms with Crippen LogP contribution in [0.4, 0.5) is 4.79 Å². The van der Waals surface area contributed by atoms with Crippen LogP contribution in [0.1, 0.15) is 16.7 Å². The standard InChI is InChI=1S/C11H14N6O3S/c1-2-20-11(19)16-5-3-15(4-6-16)9(18)8-14-17-7-12-13-10(17)21-8/h7H,2-6H2,1H3. The van der Waals surface area contributed by atoms with Crippen molar-refractivity contribution in [2.45, 2.75) is 6.92 Å². The van der Waals surface area contributed by atoms with E-state index in [1.165, 1.54) is 22.2 Å². The quantitative estimate of drug-likeness (QED) is 0.781. The predicted molar refractivity (Wildman–Crippen MR) is 73.2 cm³/mol. The number of rotatable bonds is 2. The SMILES string of the molecule is CCOC(=O)N1CCN(C(=O)c2nn3cnnc3s2)CC1. The summed E-state index contributed by atoms with van der Waals surface area (Å²) in [4.78, 5) is 27.8. The average Bonchev–Trinajstić information content (AvgIpc) is 3.08. The fourth-order valence-electron chi connectivity index (χ4n) is 2.09. The van der Waals surface area contributed by atoms with Crippen LogP contribution in [0.25, 0.3) is 4.96 Å². The van der Waals surface area contributed by atoms with Crippen molar-refractivity contribution in [1.29, 1.82) is 0 Å². The number of piperazine rings is 1. The lowest BCUT2D eigenvalue weighted by Gasteiger charge is -2.33. The molecule has 0 saturated carbocycles. The van der Waals surface area contributed by atoms with Crippen molar-refractivity contribution in [1.82, 2.24) is 29.6 Å². The smallest absolute Gasteiger partial charge is 0.409 e. The Bertz CT molecular complexity index is 631. The lowest BCUT2D eigenvalue weighted by Crippen LogP contribution is -2.50. The molecule has 2 amide bonds. The molecule has 0 aliphatic carbocycles. The van der Waals surface area contributed by atoms with Gasteiger partial charge in [0, 0.05) is 26.2 Å². The van der Waals surface area contributed by atoms with Gasteiger partial charge in [0.25, 0.3) is 5.91 Å². The summed E-state index contributed by atoms with van der Waals surface area (Å²) in [5.41, 5.74) is 0. The second-order valence-corrected chi connectivity index (χ2v) is 5.40. The first-order valence-electron chi connectivity index (χ1n) is 6.57. The second kappa shape index (κ2) is 5.64. The maximum Gasteiger partial charge on any atom is 0.409 e. The van der Waals surface area contributed by atoms with Crippen LogP contribution < -0.4 is 0 Å². The minimum Gasteiger partial charge on any atom is -0.450 e. The molecule has 1 aliphatic heterocycles. The van der Waals surface area contributed by atoms with E-state index < -0.39 is 0 Å². The number of carbonyl (C=O) groups excluding carboxylic acids is 2. The Labute approximate surface area is 124 Å². The molecule has 0 spiro atoms. The maximum atomic E-state index is 12.3. The first-order chi connectivity index (χ1) is 10.2. The summed E-state index contributed by atoms with van der Waals surface area (Å²) in [6.07, 6.45) is 1.13. The van der Waals surface area contributed by atoms with Crippen LogP contribution in [-0.2, 0) is 4.74 Å². The Morgan fingerprint density at radius 2 is 2.00 bits per heavy atom. The highest BCUT2D eigenvalue weighted by molar-refractivity contribution is 7.18. The topological polar surface area (TPSA) is 92.9 Å². The molecule has 0 radical (unpaired) electrons. The molecular weight excluding hydrogens is 296 g/mol. The first kappa shape index (κ1) is 13.7. The summed E-state index contributed by atoms with van der Waals surface area (Å²) in [7, 11) is 0. The summed E-state index contributed by atoms with van der Waals surface area (Å²) < 4.78 is 6.42. The highest BCUT2D eigenvalue weighted by atomic mass is 32.1. The Morgan fingerprint density at radius 3 is 2.67 bits per heavy atom. The normalized spacial score (nSPS) is 15.5. The summed E-state index contributed by atoms with van der Waals surface area (Å²) in [6.45, 7) is 4.00. The van der Waals surface area contributed by atoms with E-state index in [1.54, 1.807) is 16.7 Å². The van der Waals surface area contributed by atoms with E-state index in [-0.39, 0.29) is 12.0 Å². The van der Waals surface area contributed by atoms with Gasteiger partial charge < -0.3 is 14.5 Å². The van der Waals surface area contributed by atoms with Gasteiger partial charge in [-0.1, -0.05) is 11.3 Å². The molecule has 0 N–H and O–H groups in total. The van der Waals surface area contributed by atoms with Gasteiger partial charge in [-0.15, -0.1) is 15.3 Å².